The number of methoxy groups -OCH3 is 1. The van der Waals surface area contributed by atoms with E-state index in [1.807, 2.05) is 18.2 Å². The first-order valence-electron chi connectivity index (χ1n) is 7.83. The molecule has 2 aromatic carbocycles. The standard InChI is InChI=1S/C20H17ClO2/c1-23-20(22)19-11-17-14-4-2-3-5-15(14)18(19)10-16(17)12-6-8-13(21)9-7-12/h2-9,11,16-18H,10H2,1H3. The molecule has 3 aliphatic carbocycles. The minimum Gasteiger partial charge on any atom is -0.466 e. The zero-order chi connectivity index (χ0) is 16.0. The molecule has 2 aromatic rings. The molecule has 2 nitrogen and oxygen atoms in total. The fourth-order valence-electron chi connectivity index (χ4n) is 4.07. The monoisotopic (exact) mass is 324 g/mol. The summed E-state index contributed by atoms with van der Waals surface area (Å²) in [5.41, 5.74) is 4.68. The summed E-state index contributed by atoms with van der Waals surface area (Å²) in [4.78, 5) is 12.1. The summed E-state index contributed by atoms with van der Waals surface area (Å²) in [6.45, 7) is 0. The molecule has 0 spiro atoms. The van der Waals surface area contributed by atoms with Gasteiger partial charge in [-0.2, -0.15) is 0 Å². The lowest BCUT2D eigenvalue weighted by Gasteiger charge is -2.42. The van der Waals surface area contributed by atoms with Crippen molar-refractivity contribution >= 4 is 17.6 Å². The van der Waals surface area contributed by atoms with Crippen LogP contribution in [0.3, 0.4) is 0 Å². The Labute approximate surface area is 140 Å². The maximum Gasteiger partial charge on any atom is 0.334 e. The van der Waals surface area contributed by atoms with E-state index >= 15 is 0 Å². The Morgan fingerprint density at radius 2 is 1.78 bits per heavy atom. The lowest BCUT2D eigenvalue weighted by atomic mass is 9.61. The molecule has 3 unspecified atom stereocenters. The molecule has 0 heterocycles. The highest BCUT2D eigenvalue weighted by Gasteiger charge is 2.42. The van der Waals surface area contributed by atoms with Crippen LogP contribution in [0.4, 0.5) is 0 Å². The van der Waals surface area contributed by atoms with Crippen molar-refractivity contribution in [2.24, 2.45) is 0 Å². The second kappa shape index (κ2) is 5.54. The van der Waals surface area contributed by atoms with Gasteiger partial charge in [0.2, 0.25) is 0 Å². The van der Waals surface area contributed by atoms with Crippen LogP contribution in [0, 0.1) is 0 Å². The number of halogens is 1. The van der Waals surface area contributed by atoms with E-state index in [2.05, 4.69) is 36.4 Å². The van der Waals surface area contributed by atoms with E-state index in [1.54, 1.807) is 0 Å². The second-order valence-corrected chi connectivity index (χ2v) is 6.65. The number of rotatable bonds is 2. The van der Waals surface area contributed by atoms with Gasteiger partial charge in [-0.05, 0) is 41.2 Å². The summed E-state index contributed by atoms with van der Waals surface area (Å²) in [5.74, 6) is 0.500. The van der Waals surface area contributed by atoms with Gasteiger partial charge in [0.1, 0.15) is 0 Å². The summed E-state index contributed by atoms with van der Waals surface area (Å²) < 4.78 is 4.99. The Balaban J connectivity index is 1.81. The van der Waals surface area contributed by atoms with Crippen molar-refractivity contribution in [3.8, 4) is 0 Å². The van der Waals surface area contributed by atoms with Gasteiger partial charge in [-0.3, -0.25) is 0 Å². The number of hydrogen-bond donors (Lipinski definition) is 0. The predicted octanol–water partition coefficient (Wildman–Crippen LogP) is 4.81. The van der Waals surface area contributed by atoms with E-state index in [4.69, 9.17) is 16.3 Å². The summed E-state index contributed by atoms with van der Waals surface area (Å²) in [6.07, 6.45) is 3.05. The number of carbonyl (C=O) groups is 1. The fourth-order valence-corrected chi connectivity index (χ4v) is 4.19. The molecule has 0 N–H and O–H groups in total. The molecule has 0 radical (unpaired) electrons. The first kappa shape index (κ1) is 14.5. The molecule has 0 fully saturated rings. The van der Waals surface area contributed by atoms with Crippen molar-refractivity contribution in [2.75, 3.05) is 7.11 Å². The third kappa shape index (κ3) is 2.29. The Morgan fingerprint density at radius 3 is 2.48 bits per heavy atom. The number of fused-ring (bicyclic) bond motifs is 1. The molecule has 23 heavy (non-hydrogen) atoms. The summed E-state index contributed by atoms with van der Waals surface area (Å²) >= 11 is 6.02. The molecule has 0 saturated heterocycles. The van der Waals surface area contributed by atoms with Gasteiger partial charge in [0.25, 0.3) is 0 Å². The van der Waals surface area contributed by atoms with Crippen molar-refractivity contribution in [3.63, 3.8) is 0 Å². The molecule has 0 amide bonds. The van der Waals surface area contributed by atoms with Gasteiger partial charge in [-0.15, -0.1) is 0 Å². The largest absolute Gasteiger partial charge is 0.466 e. The highest BCUT2D eigenvalue weighted by Crippen LogP contribution is 2.55. The van der Waals surface area contributed by atoms with Crippen molar-refractivity contribution in [2.45, 2.75) is 24.2 Å². The average Bonchev–Trinajstić information content (AvgIpc) is 2.61. The zero-order valence-corrected chi connectivity index (χ0v) is 13.6. The molecule has 2 bridgehead atoms. The van der Waals surface area contributed by atoms with Crippen molar-refractivity contribution < 1.29 is 9.53 Å². The molecule has 5 rings (SSSR count). The van der Waals surface area contributed by atoms with Gasteiger partial charge < -0.3 is 4.74 Å². The zero-order valence-electron chi connectivity index (χ0n) is 12.8. The van der Waals surface area contributed by atoms with Crippen LogP contribution in [0.25, 0.3) is 0 Å². The Morgan fingerprint density at radius 1 is 1.09 bits per heavy atom. The molecular weight excluding hydrogens is 308 g/mol. The van der Waals surface area contributed by atoms with Crippen molar-refractivity contribution in [3.05, 3.63) is 81.9 Å². The summed E-state index contributed by atoms with van der Waals surface area (Å²) in [5, 5.41) is 0.751. The maximum atomic E-state index is 12.1. The van der Waals surface area contributed by atoms with E-state index in [0.717, 1.165) is 17.0 Å². The van der Waals surface area contributed by atoms with E-state index in [0.29, 0.717) is 5.92 Å². The van der Waals surface area contributed by atoms with Crippen LogP contribution in [0.5, 0.6) is 0 Å². The lowest BCUT2D eigenvalue weighted by Crippen LogP contribution is -2.30. The average molecular weight is 325 g/mol. The van der Waals surface area contributed by atoms with Gasteiger partial charge in [0, 0.05) is 22.4 Å². The first-order chi connectivity index (χ1) is 11.2. The lowest BCUT2D eigenvalue weighted by molar-refractivity contribution is -0.136. The van der Waals surface area contributed by atoms with Gasteiger partial charge >= 0.3 is 5.97 Å². The van der Waals surface area contributed by atoms with Gasteiger partial charge in [0.05, 0.1) is 7.11 Å². The highest BCUT2D eigenvalue weighted by atomic mass is 35.5. The predicted molar refractivity (Wildman–Crippen MR) is 90.8 cm³/mol. The van der Waals surface area contributed by atoms with Crippen LogP contribution in [0.2, 0.25) is 5.02 Å². The second-order valence-electron chi connectivity index (χ2n) is 6.21. The number of allylic oxidation sites excluding steroid dienone is 1. The van der Waals surface area contributed by atoms with Gasteiger partial charge in [0.15, 0.2) is 0 Å². The topological polar surface area (TPSA) is 26.3 Å². The molecule has 0 aliphatic heterocycles. The third-order valence-electron chi connectivity index (χ3n) is 5.11. The van der Waals surface area contributed by atoms with E-state index in [-0.39, 0.29) is 17.8 Å². The van der Waals surface area contributed by atoms with Crippen LogP contribution >= 0.6 is 11.6 Å². The molecule has 3 heteroatoms. The van der Waals surface area contributed by atoms with Gasteiger partial charge in [-0.25, -0.2) is 4.79 Å². The van der Waals surface area contributed by atoms with Crippen LogP contribution in [0.15, 0.2) is 60.2 Å². The van der Waals surface area contributed by atoms with E-state index in [9.17, 15) is 4.79 Å². The van der Waals surface area contributed by atoms with Gasteiger partial charge in [-0.1, -0.05) is 54.1 Å². The molecule has 3 aliphatic rings. The molecule has 0 aromatic heterocycles. The first-order valence-corrected chi connectivity index (χ1v) is 8.21. The minimum absolute atomic E-state index is 0.115. The quantitative estimate of drug-likeness (QED) is 0.741. The number of esters is 1. The molecule has 0 saturated carbocycles. The number of carbonyl (C=O) groups excluding carboxylic acids is 1. The Kier molecular flexibility index (Phi) is 3.50. The number of ether oxygens (including phenoxy) is 1. The van der Waals surface area contributed by atoms with Crippen LogP contribution in [-0.4, -0.2) is 13.1 Å². The smallest absolute Gasteiger partial charge is 0.334 e. The molecular formula is C20H17ClO2. The fraction of sp³-hybridized carbons (Fsp3) is 0.250. The van der Waals surface area contributed by atoms with Crippen molar-refractivity contribution in [1.82, 2.24) is 0 Å². The highest BCUT2D eigenvalue weighted by molar-refractivity contribution is 6.30. The Hall–Kier alpha value is -2.06. The van der Waals surface area contributed by atoms with Crippen molar-refractivity contribution in [1.29, 1.82) is 0 Å². The van der Waals surface area contributed by atoms with Crippen LogP contribution < -0.4 is 0 Å². The molecule has 3 atom stereocenters. The normalized spacial score (nSPS) is 24.8. The third-order valence-corrected chi connectivity index (χ3v) is 5.36. The van der Waals surface area contributed by atoms with E-state index in [1.165, 1.54) is 23.8 Å². The van der Waals surface area contributed by atoms with Crippen LogP contribution in [-0.2, 0) is 9.53 Å². The summed E-state index contributed by atoms with van der Waals surface area (Å²) in [7, 11) is 1.45. The number of benzene rings is 2. The maximum absolute atomic E-state index is 12.1. The SMILES string of the molecule is COC(=O)C1=CC2c3ccccc3C1CC2c1ccc(Cl)cc1. The molecule has 116 valence electrons. The van der Waals surface area contributed by atoms with Crippen LogP contribution in [0.1, 0.15) is 40.9 Å². The van der Waals surface area contributed by atoms with E-state index < -0.39 is 0 Å². The Bertz CT molecular complexity index is 792. The number of hydrogen-bond acceptors (Lipinski definition) is 2. The summed E-state index contributed by atoms with van der Waals surface area (Å²) in [6, 6.07) is 16.5. The minimum atomic E-state index is -0.205.